The summed E-state index contributed by atoms with van der Waals surface area (Å²) in [4.78, 5) is 14.4. The molecule has 1 aliphatic heterocycles. The second kappa shape index (κ2) is 4.03. The van der Waals surface area contributed by atoms with E-state index in [2.05, 4.69) is 15.9 Å². The van der Waals surface area contributed by atoms with Crippen molar-refractivity contribution in [3.8, 4) is 0 Å². The van der Waals surface area contributed by atoms with Gasteiger partial charge < -0.3 is 4.90 Å². The van der Waals surface area contributed by atoms with Crippen LogP contribution in [-0.4, -0.2) is 28.7 Å². The zero-order valence-corrected chi connectivity index (χ0v) is 10.4. The van der Waals surface area contributed by atoms with Crippen molar-refractivity contribution in [1.82, 2.24) is 4.90 Å². The number of nitrogens with zero attached hydrogens (tertiary/aromatic N) is 1. The first-order valence-electron chi connectivity index (χ1n) is 4.64. The third-order valence-electron chi connectivity index (χ3n) is 2.50. The maximum atomic E-state index is 12.0. The van der Waals surface area contributed by atoms with E-state index in [4.69, 9.17) is 0 Å². The quantitative estimate of drug-likeness (QED) is 0.721. The Bertz CT molecular complexity index is 350. The molecule has 1 fully saturated rings. The van der Waals surface area contributed by atoms with Gasteiger partial charge in [-0.25, -0.2) is 0 Å². The van der Waals surface area contributed by atoms with E-state index < -0.39 is 0 Å². The number of hydrogen-bond donors (Lipinski definition) is 0. The van der Waals surface area contributed by atoms with Crippen LogP contribution < -0.4 is 0 Å². The number of aryl methyl sites for hydroxylation is 1. The highest BCUT2D eigenvalue weighted by Gasteiger charge is 2.26. The highest BCUT2D eigenvalue weighted by atomic mass is 79.9. The van der Waals surface area contributed by atoms with Crippen LogP contribution in [0.4, 0.5) is 0 Å². The van der Waals surface area contributed by atoms with E-state index in [1.165, 1.54) is 0 Å². The number of halogens is 1. The molecule has 0 aromatic carbocycles. The van der Waals surface area contributed by atoms with E-state index in [0.29, 0.717) is 4.83 Å². The molecule has 1 unspecified atom stereocenters. The standard InChI is InChI=1S/C10H12BrNOS/c1-7-5-14-6-9(7)10(13)12-3-2-8(11)4-12/h5-6,8H,2-4H2,1H3. The van der Waals surface area contributed by atoms with Gasteiger partial charge in [0.15, 0.2) is 0 Å². The van der Waals surface area contributed by atoms with Gasteiger partial charge in [-0.1, -0.05) is 15.9 Å². The summed E-state index contributed by atoms with van der Waals surface area (Å²) in [5.74, 6) is 0.186. The number of carbonyl (C=O) groups excluding carboxylic acids is 1. The van der Waals surface area contributed by atoms with Crippen molar-refractivity contribution in [2.24, 2.45) is 0 Å². The first-order chi connectivity index (χ1) is 6.68. The molecule has 14 heavy (non-hydrogen) atoms. The van der Waals surface area contributed by atoms with Crippen molar-refractivity contribution in [1.29, 1.82) is 0 Å². The molecule has 1 aliphatic rings. The van der Waals surface area contributed by atoms with Gasteiger partial charge in [0, 0.05) is 23.3 Å². The topological polar surface area (TPSA) is 20.3 Å². The summed E-state index contributed by atoms with van der Waals surface area (Å²) in [7, 11) is 0. The second-order valence-electron chi connectivity index (χ2n) is 3.61. The van der Waals surface area contributed by atoms with E-state index in [1.807, 2.05) is 22.6 Å². The first-order valence-corrected chi connectivity index (χ1v) is 6.50. The lowest BCUT2D eigenvalue weighted by molar-refractivity contribution is 0.0793. The number of alkyl halides is 1. The lowest BCUT2D eigenvalue weighted by Crippen LogP contribution is -2.28. The van der Waals surface area contributed by atoms with Gasteiger partial charge in [0.2, 0.25) is 0 Å². The average Bonchev–Trinajstić information content (AvgIpc) is 2.73. The molecule has 4 heteroatoms. The van der Waals surface area contributed by atoms with Crippen molar-refractivity contribution < 1.29 is 4.79 Å². The fraction of sp³-hybridized carbons (Fsp3) is 0.500. The minimum atomic E-state index is 0.186. The number of amides is 1. The average molecular weight is 274 g/mol. The van der Waals surface area contributed by atoms with E-state index in [0.717, 1.165) is 30.6 Å². The minimum absolute atomic E-state index is 0.186. The van der Waals surface area contributed by atoms with Crippen LogP contribution in [0, 0.1) is 6.92 Å². The van der Waals surface area contributed by atoms with Crippen LogP contribution in [-0.2, 0) is 0 Å². The Kier molecular flexibility index (Phi) is 2.93. The molecule has 2 heterocycles. The van der Waals surface area contributed by atoms with Gasteiger partial charge >= 0.3 is 0 Å². The summed E-state index contributed by atoms with van der Waals surface area (Å²) in [6.45, 7) is 3.71. The van der Waals surface area contributed by atoms with Crippen LogP contribution >= 0.6 is 27.3 Å². The van der Waals surface area contributed by atoms with Crippen molar-refractivity contribution in [3.63, 3.8) is 0 Å². The highest BCUT2D eigenvalue weighted by Crippen LogP contribution is 2.21. The molecule has 1 atom stereocenters. The zero-order chi connectivity index (χ0) is 10.1. The Morgan fingerprint density at radius 2 is 2.43 bits per heavy atom. The molecule has 0 spiro atoms. The minimum Gasteiger partial charge on any atom is -0.337 e. The van der Waals surface area contributed by atoms with Gasteiger partial charge in [0.1, 0.15) is 0 Å². The molecule has 0 N–H and O–H groups in total. The van der Waals surface area contributed by atoms with Crippen LogP contribution in [0.2, 0.25) is 0 Å². The van der Waals surface area contributed by atoms with Crippen molar-refractivity contribution in [3.05, 3.63) is 21.9 Å². The zero-order valence-electron chi connectivity index (χ0n) is 8.00. The number of carbonyl (C=O) groups is 1. The second-order valence-corrected chi connectivity index (χ2v) is 5.64. The predicted octanol–water partition coefficient (Wildman–Crippen LogP) is 2.67. The highest BCUT2D eigenvalue weighted by molar-refractivity contribution is 9.09. The van der Waals surface area contributed by atoms with Crippen LogP contribution in [0.1, 0.15) is 22.3 Å². The van der Waals surface area contributed by atoms with E-state index in [1.54, 1.807) is 11.3 Å². The van der Waals surface area contributed by atoms with E-state index in [-0.39, 0.29) is 5.91 Å². The Hall–Kier alpha value is -0.350. The SMILES string of the molecule is Cc1cscc1C(=O)N1CCC(Br)C1. The molecule has 1 saturated heterocycles. The van der Waals surface area contributed by atoms with Gasteiger partial charge in [0.05, 0.1) is 5.56 Å². The van der Waals surface area contributed by atoms with Gasteiger partial charge in [-0.2, -0.15) is 11.3 Å². The molecule has 0 saturated carbocycles. The summed E-state index contributed by atoms with van der Waals surface area (Å²) in [6.07, 6.45) is 1.06. The van der Waals surface area contributed by atoms with E-state index >= 15 is 0 Å². The summed E-state index contributed by atoms with van der Waals surface area (Å²) in [6, 6.07) is 0. The Labute approximate surface area is 96.0 Å². The first kappa shape index (κ1) is 10.2. The normalized spacial score (nSPS) is 21.6. The number of rotatable bonds is 1. The summed E-state index contributed by atoms with van der Waals surface area (Å²) in [5, 5.41) is 3.97. The molecular weight excluding hydrogens is 262 g/mol. The Morgan fingerprint density at radius 1 is 1.64 bits per heavy atom. The van der Waals surface area contributed by atoms with Crippen molar-refractivity contribution in [2.75, 3.05) is 13.1 Å². The fourth-order valence-corrected chi connectivity index (χ4v) is 3.03. The monoisotopic (exact) mass is 273 g/mol. The summed E-state index contributed by atoms with van der Waals surface area (Å²) < 4.78 is 0. The van der Waals surface area contributed by atoms with Crippen LogP contribution in [0.25, 0.3) is 0 Å². The third-order valence-corrected chi connectivity index (χ3v) is 4.11. The van der Waals surface area contributed by atoms with Crippen LogP contribution in [0.15, 0.2) is 10.8 Å². The molecule has 0 aliphatic carbocycles. The number of hydrogen-bond acceptors (Lipinski definition) is 2. The molecule has 1 aromatic rings. The molecular formula is C10H12BrNOS. The van der Waals surface area contributed by atoms with Crippen molar-refractivity contribution in [2.45, 2.75) is 18.2 Å². The van der Waals surface area contributed by atoms with Crippen LogP contribution in [0.3, 0.4) is 0 Å². The number of thiophene rings is 1. The molecule has 2 nitrogen and oxygen atoms in total. The molecule has 0 bridgehead atoms. The van der Waals surface area contributed by atoms with Crippen molar-refractivity contribution >= 4 is 33.2 Å². The van der Waals surface area contributed by atoms with Gasteiger partial charge in [0.25, 0.3) is 5.91 Å². The molecule has 2 rings (SSSR count). The van der Waals surface area contributed by atoms with E-state index in [9.17, 15) is 4.79 Å². The van der Waals surface area contributed by atoms with Gasteiger partial charge in [-0.3, -0.25) is 4.79 Å². The fourth-order valence-electron chi connectivity index (χ4n) is 1.65. The predicted molar refractivity (Wildman–Crippen MR) is 62.3 cm³/mol. The molecule has 76 valence electrons. The molecule has 1 aromatic heterocycles. The lowest BCUT2D eigenvalue weighted by atomic mass is 10.2. The summed E-state index contributed by atoms with van der Waals surface area (Å²) in [5.41, 5.74) is 1.97. The maximum Gasteiger partial charge on any atom is 0.255 e. The molecule has 1 amide bonds. The Morgan fingerprint density at radius 3 is 2.93 bits per heavy atom. The third kappa shape index (κ3) is 1.86. The van der Waals surface area contributed by atoms with Gasteiger partial charge in [-0.15, -0.1) is 0 Å². The van der Waals surface area contributed by atoms with Crippen LogP contribution in [0.5, 0.6) is 0 Å². The number of likely N-dealkylation sites (tertiary alicyclic amines) is 1. The smallest absolute Gasteiger partial charge is 0.255 e. The lowest BCUT2D eigenvalue weighted by Gasteiger charge is -2.15. The maximum absolute atomic E-state index is 12.0. The van der Waals surface area contributed by atoms with Gasteiger partial charge in [-0.05, 0) is 24.3 Å². The largest absolute Gasteiger partial charge is 0.337 e. The Balaban J connectivity index is 2.13. The summed E-state index contributed by atoms with van der Waals surface area (Å²) >= 11 is 5.13. The molecule has 0 radical (unpaired) electrons.